The quantitative estimate of drug-likeness (QED) is 0.822. The molecule has 3 aliphatic rings. The molecule has 27 heavy (non-hydrogen) atoms. The Bertz CT molecular complexity index is 818. The van der Waals surface area contributed by atoms with Gasteiger partial charge in [-0.25, -0.2) is 13.6 Å². The highest BCUT2D eigenvalue weighted by molar-refractivity contribution is 5.90. The number of halogens is 2. The van der Waals surface area contributed by atoms with Crippen LogP contribution in [0.4, 0.5) is 19.3 Å². The van der Waals surface area contributed by atoms with Crippen molar-refractivity contribution in [2.24, 2.45) is 17.8 Å². The number of anilines is 1. The van der Waals surface area contributed by atoms with Crippen molar-refractivity contribution in [1.82, 2.24) is 5.32 Å². The number of carbonyl (C=O) groups excluding carboxylic acids is 2. The normalized spacial score (nSPS) is 28.7. The Hall–Kier alpha value is -2.48. The molecule has 0 bridgehead atoms. The molecule has 1 unspecified atom stereocenters. The van der Waals surface area contributed by atoms with Gasteiger partial charge < -0.3 is 15.2 Å². The van der Waals surface area contributed by atoms with E-state index in [9.17, 15) is 23.5 Å². The predicted molar refractivity (Wildman–Crippen MR) is 92.8 cm³/mol. The van der Waals surface area contributed by atoms with Crippen molar-refractivity contribution in [3.8, 4) is 0 Å². The number of nitrogens with zero attached hydrogens (tertiary/aromatic N) is 1. The van der Waals surface area contributed by atoms with Crippen molar-refractivity contribution in [2.75, 3.05) is 24.6 Å². The Labute approximate surface area is 154 Å². The van der Waals surface area contributed by atoms with E-state index in [0.717, 1.165) is 17.0 Å². The molecule has 1 aromatic carbocycles. The molecular weight excluding hydrogens is 358 g/mol. The van der Waals surface area contributed by atoms with Gasteiger partial charge in [-0.2, -0.15) is 0 Å². The lowest BCUT2D eigenvalue weighted by atomic mass is 9.99. The van der Waals surface area contributed by atoms with Crippen molar-refractivity contribution in [3.63, 3.8) is 0 Å². The fourth-order valence-corrected chi connectivity index (χ4v) is 4.12. The second kappa shape index (κ2) is 6.60. The zero-order chi connectivity index (χ0) is 19.3. The van der Waals surface area contributed by atoms with E-state index in [1.165, 1.54) is 6.92 Å². The second-order valence-electron chi connectivity index (χ2n) is 7.32. The van der Waals surface area contributed by atoms with Crippen LogP contribution in [0.25, 0.3) is 5.57 Å². The van der Waals surface area contributed by atoms with E-state index in [0.29, 0.717) is 12.0 Å². The topological polar surface area (TPSA) is 78.9 Å². The maximum absolute atomic E-state index is 14.6. The number of allylic oxidation sites excluding steroid dienone is 2. The largest absolute Gasteiger partial charge is 0.442 e. The summed E-state index contributed by atoms with van der Waals surface area (Å²) in [7, 11) is 0. The van der Waals surface area contributed by atoms with Crippen LogP contribution in [0, 0.1) is 29.4 Å². The van der Waals surface area contributed by atoms with Gasteiger partial charge in [0.05, 0.1) is 18.8 Å². The Kier molecular flexibility index (Phi) is 4.38. The molecule has 4 atom stereocenters. The first kappa shape index (κ1) is 17.9. The molecule has 0 radical (unpaired) electrons. The highest BCUT2D eigenvalue weighted by Crippen LogP contribution is 2.58. The first-order valence-corrected chi connectivity index (χ1v) is 8.92. The van der Waals surface area contributed by atoms with E-state index in [4.69, 9.17) is 4.74 Å². The lowest BCUT2D eigenvalue weighted by molar-refractivity contribution is -0.119. The number of aliphatic hydroxyl groups is 1. The minimum Gasteiger partial charge on any atom is -0.442 e. The number of carbonyl (C=O) groups is 2. The molecule has 2 fully saturated rings. The standard InChI is InChI=1S/C19H20F2N2O4/c1-9(25)22-6-12-7-23(19(26)27-12)11-4-16(20)18(17(21)5-11)10-2-13-14(3-10)15(13)8-24/h2,4-5,12-15,24H,3,6-8H2,1H3,(H,22,25)/t12-,13+,14?,15+/m0/s1. The lowest BCUT2D eigenvalue weighted by Crippen LogP contribution is -2.33. The molecule has 1 heterocycles. The summed E-state index contributed by atoms with van der Waals surface area (Å²) in [5.74, 6) is -1.03. The summed E-state index contributed by atoms with van der Waals surface area (Å²) in [6.45, 7) is 1.69. The number of amides is 2. The SMILES string of the molecule is CC(=O)NC[C@H]1CN(c2cc(F)c(C3=C[C@@H]4C(C3)[C@@H]4CO)c(F)c2)C(=O)O1. The maximum Gasteiger partial charge on any atom is 0.414 e. The molecule has 2 amide bonds. The number of hydrogen-bond acceptors (Lipinski definition) is 4. The minimum absolute atomic E-state index is 0.0648. The molecule has 6 nitrogen and oxygen atoms in total. The van der Waals surface area contributed by atoms with Crippen LogP contribution in [0.5, 0.6) is 0 Å². The van der Waals surface area contributed by atoms with Gasteiger partial charge in [-0.05, 0) is 41.9 Å². The molecule has 1 aromatic rings. The van der Waals surface area contributed by atoms with E-state index >= 15 is 0 Å². The highest BCUT2D eigenvalue weighted by Gasteiger charge is 2.52. The summed E-state index contributed by atoms with van der Waals surface area (Å²) in [5, 5.41) is 11.7. The molecular formula is C19H20F2N2O4. The van der Waals surface area contributed by atoms with Crippen molar-refractivity contribution in [2.45, 2.75) is 19.4 Å². The van der Waals surface area contributed by atoms with E-state index in [1.807, 2.05) is 6.08 Å². The summed E-state index contributed by atoms with van der Waals surface area (Å²) in [5.41, 5.74) is 0.634. The van der Waals surface area contributed by atoms with Crippen molar-refractivity contribution < 1.29 is 28.2 Å². The number of rotatable bonds is 5. The molecule has 1 aliphatic heterocycles. The van der Waals surface area contributed by atoms with Crippen LogP contribution < -0.4 is 10.2 Å². The van der Waals surface area contributed by atoms with Gasteiger partial charge in [0.25, 0.3) is 0 Å². The fourth-order valence-electron chi connectivity index (χ4n) is 4.12. The molecule has 144 valence electrons. The van der Waals surface area contributed by atoms with Crippen LogP contribution in [-0.4, -0.2) is 42.9 Å². The number of nitrogens with one attached hydrogen (secondary N) is 1. The van der Waals surface area contributed by atoms with Crippen LogP contribution >= 0.6 is 0 Å². The Morgan fingerprint density at radius 3 is 2.63 bits per heavy atom. The number of benzene rings is 1. The summed E-state index contributed by atoms with van der Waals surface area (Å²) in [6, 6.07) is 2.27. The van der Waals surface area contributed by atoms with Gasteiger partial charge in [-0.15, -0.1) is 0 Å². The van der Waals surface area contributed by atoms with Crippen LogP contribution in [-0.2, 0) is 9.53 Å². The third-order valence-corrected chi connectivity index (χ3v) is 5.57. The molecule has 0 spiro atoms. The van der Waals surface area contributed by atoms with E-state index in [-0.39, 0.29) is 54.6 Å². The summed E-state index contributed by atoms with van der Waals surface area (Å²) < 4.78 is 34.4. The molecule has 2 N–H and O–H groups in total. The second-order valence-corrected chi connectivity index (χ2v) is 7.32. The molecule has 8 heteroatoms. The van der Waals surface area contributed by atoms with Gasteiger partial charge in [0.2, 0.25) is 5.91 Å². The van der Waals surface area contributed by atoms with Gasteiger partial charge in [0, 0.05) is 19.1 Å². The molecule has 1 saturated heterocycles. The van der Waals surface area contributed by atoms with Crippen LogP contribution in [0.15, 0.2) is 18.2 Å². The van der Waals surface area contributed by atoms with E-state index < -0.39 is 23.8 Å². The summed E-state index contributed by atoms with van der Waals surface area (Å²) in [6.07, 6.45) is 1.12. The minimum atomic E-state index is -0.726. The van der Waals surface area contributed by atoms with Gasteiger partial charge in [0.15, 0.2) is 0 Å². The van der Waals surface area contributed by atoms with Crippen LogP contribution in [0.2, 0.25) is 0 Å². The smallest absolute Gasteiger partial charge is 0.414 e. The van der Waals surface area contributed by atoms with Gasteiger partial charge in [-0.1, -0.05) is 6.08 Å². The molecule has 1 saturated carbocycles. The number of ether oxygens (including phenoxy) is 1. The number of hydrogen-bond donors (Lipinski definition) is 2. The first-order chi connectivity index (χ1) is 12.9. The van der Waals surface area contributed by atoms with E-state index in [1.54, 1.807) is 0 Å². The number of aliphatic hydroxyl groups excluding tert-OH is 1. The van der Waals surface area contributed by atoms with Gasteiger partial charge in [0.1, 0.15) is 17.7 Å². The average Bonchev–Trinajstić information content (AvgIpc) is 2.92. The lowest BCUT2D eigenvalue weighted by Gasteiger charge is -2.16. The number of cyclic esters (lactones) is 1. The van der Waals surface area contributed by atoms with Gasteiger partial charge >= 0.3 is 6.09 Å². The summed E-state index contributed by atoms with van der Waals surface area (Å²) >= 11 is 0. The number of fused-ring (bicyclic) bond motifs is 1. The fraction of sp³-hybridized carbons (Fsp3) is 0.474. The maximum atomic E-state index is 14.6. The van der Waals surface area contributed by atoms with E-state index in [2.05, 4.69) is 5.32 Å². The van der Waals surface area contributed by atoms with Gasteiger partial charge in [-0.3, -0.25) is 9.69 Å². The zero-order valence-electron chi connectivity index (χ0n) is 14.7. The molecule has 2 aliphatic carbocycles. The van der Waals surface area contributed by atoms with Crippen molar-refractivity contribution >= 4 is 23.3 Å². The zero-order valence-corrected chi connectivity index (χ0v) is 14.7. The molecule has 0 aromatic heterocycles. The monoisotopic (exact) mass is 378 g/mol. The van der Waals surface area contributed by atoms with Crippen molar-refractivity contribution in [1.29, 1.82) is 0 Å². The first-order valence-electron chi connectivity index (χ1n) is 8.92. The van der Waals surface area contributed by atoms with Crippen molar-refractivity contribution in [3.05, 3.63) is 35.4 Å². The third kappa shape index (κ3) is 3.18. The molecule has 4 rings (SSSR count). The van der Waals surface area contributed by atoms with Crippen LogP contribution in [0.3, 0.4) is 0 Å². The Morgan fingerprint density at radius 1 is 1.37 bits per heavy atom. The summed E-state index contributed by atoms with van der Waals surface area (Å²) in [4.78, 5) is 24.1. The Morgan fingerprint density at radius 2 is 2.07 bits per heavy atom. The highest BCUT2D eigenvalue weighted by atomic mass is 19.1. The Balaban J connectivity index is 1.52. The third-order valence-electron chi connectivity index (χ3n) is 5.57. The average molecular weight is 378 g/mol. The van der Waals surface area contributed by atoms with Crippen LogP contribution in [0.1, 0.15) is 18.9 Å². The predicted octanol–water partition coefficient (Wildman–Crippen LogP) is 2.07.